The maximum Gasteiger partial charge on any atom is 0.239 e. The molecule has 1 amide bonds. The van der Waals surface area contributed by atoms with Crippen LogP contribution in [0.4, 0.5) is 5.69 Å². The number of hydrogen-bond acceptors (Lipinski definition) is 3. The van der Waals surface area contributed by atoms with E-state index in [0.29, 0.717) is 6.54 Å². The molecule has 1 aromatic rings. The standard InChI is InChI=1S/C14H23N3O/c1-5-17(10-14(18)16-4)13-7-6-11(2)8-12(13)9-15-3/h6-8,15H,5,9-10H2,1-4H3,(H,16,18). The Morgan fingerprint density at radius 1 is 1.33 bits per heavy atom. The van der Waals surface area contributed by atoms with Gasteiger partial charge in [0.2, 0.25) is 5.91 Å². The summed E-state index contributed by atoms with van der Waals surface area (Å²) in [6.07, 6.45) is 0. The number of carbonyl (C=O) groups is 1. The molecule has 1 rings (SSSR count). The minimum absolute atomic E-state index is 0.0350. The number of carbonyl (C=O) groups excluding carboxylic acids is 1. The number of nitrogens with zero attached hydrogens (tertiary/aromatic N) is 1. The molecule has 1 aromatic carbocycles. The van der Waals surface area contributed by atoms with E-state index < -0.39 is 0 Å². The van der Waals surface area contributed by atoms with Crippen LogP contribution in [0.15, 0.2) is 18.2 Å². The highest BCUT2D eigenvalue weighted by molar-refractivity contribution is 5.81. The molecular weight excluding hydrogens is 226 g/mol. The molecule has 0 saturated heterocycles. The fourth-order valence-electron chi connectivity index (χ4n) is 1.97. The maximum atomic E-state index is 11.5. The van der Waals surface area contributed by atoms with Gasteiger partial charge in [-0.05, 0) is 32.5 Å². The van der Waals surface area contributed by atoms with Crippen molar-refractivity contribution in [1.29, 1.82) is 0 Å². The molecule has 0 fully saturated rings. The highest BCUT2D eigenvalue weighted by Crippen LogP contribution is 2.21. The van der Waals surface area contributed by atoms with Gasteiger partial charge in [-0.3, -0.25) is 4.79 Å². The summed E-state index contributed by atoms with van der Waals surface area (Å²) in [7, 11) is 3.60. The molecule has 0 bridgehead atoms. The quantitative estimate of drug-likeness (QED) is 0.798. The van der Waals surface area contributed by atoms with Crippen molar-refractivity contribution in [3.05, 3.63) is 29.3 Å². The third-order valence-corrected chi connectivity index (χ3v) is 2.94. The van der Waals surface area contributed by atoms with Gasteiger partial charge in [-0.2, -0.15) is 0 Å². The molecule has 0 saturated carbocycles. The number of anilines is 1. The Kier molecular flexibility index (Phi) is 5.65. The van der Waals surface area contributed by atoms with Crippen molar-refractivity contribution in [3.63, 3.8) is 0 Å². The second-order valence-electron chi connectivity index (χ2n) is 4.35. The molecule has 0 aliphatic rings. The van der Waals surface area contributed by atoms with Gasteiger partial charge in [0, 0.05) is 25.8 Å². The lowest BCUT2D eigenvalue weighted by Crippen LogP contribution is -2.36. The van der Waals surface area contributed by atoms with E-state index >= 15 is 0 Å². The summed E-state index contributed by atoms with van der Waals surface area (Å²) in [5.74, 6) is 0.0350. The van der Waals surface area contributed by atoms with Crippen LogP contribution in [0.25, 0.3) is 0 Å². The van der Waals surface area contributed by atoms with Gasteiger partial charge in [-0.25, -0.2) is 0 Å². The summed E-state index contributed by atoms with van der Waals surface area (Å²) >= 11 is 0. The first-order valence-electron chi connectivity index (χ1n) is 6.32. The lowest BCUT2D eigenvalue weighted by atomic mass is 10.1. The van der Waals surface area contributed by atoms with Gasteiger partial charge in [0.25, 0.3) is 0 Å². The molecule has 4 heteroatoms. The van der Waals surface area contributed by atoms with Crippen LogP contribution in [-0.4, -0.2) is 33.1 Å². The van der Waals surface area contributed by atoms with Crippen LogP contribution >= 0.6 is 0 Å². The Balaban J connectivity index is 3.00. The van der Waals surface area contributed by atoms with E-state index in [-0.39, 0.29) is 5.91 Å². The molecular formula is C14H23N3O. The molecule has 18 heavy (non-hydrogen) atoms. The van der Waals surface area contributed by atoms with Crippen LogP contribution < -0.4 is 15.5 Å². The number of nitrogens with one attached hydrogen (secondary N) is 2. The zero-order chi connectivity index (χ0) is 13.5. The van der Waals surface area contributed by atoms with Crippen LogP contribution in [-0.2, 0) is 11.3 Å². The Bertz CT molecular complexity index is 404. The summed E-state index contributed by atoms with van der Waals surface area (Å²) in [6, 6.07) is 6.34. The lowest BCUT2D eigenvalue weighted by molar-refractivity contribution is -0.119. The summed E-state index contributed by atoms with van der Waals surface area (Å²) in [5.41, 5.74) is 3.59. The van der Waals surface area contributed by atoms with E-state index in [2.05, 4.69) is 47.6 Å². The van der Waals surface area contributed by atoms with Gasteiger partial charge < -0.3 is 15.5 Å². The van der Waals surface area contributed by atoms with Gasteiger partial charge in [0.1, 0.15) is 0 Å². The lowest BCUT2D eigenvalue weighted by Gasteiger charge is -2.25. The molecule has 0 spiro atoms. The normalized spacial score (nSPS) is 10.2. The number of aryl methyl sites for hydroxylation is 1. The highest BCUT2D eigenvalue weighted by Gasteiger charge is 2.12. The Labute approximate surface area is 109 Å². The van der Waals surface area contributed by atoms with Gasteiger partial charge in [0.15, 0.2) is 0 Å². The molecule has 0 unspecified atom stereocenters. The van der Waals surface area contributed by atoms with Crippen molar-refractivity contribution in [2.24, 2.45) is 0 Å². The topological polar surface area (TPSA) is 44.4 Å². The summed E-state index contributed by atoms with van der Waals surface area (Å²) in [5, 5.41) is 5.84. The predicted molar refractivity (Wildman–Crippen MR) is 75.9 cm³/mol. The average Bonchev–Trinajstić information content (AvgIpc) is 2.37. The van der Waals surface area contributed by atoms with Crippen molar-refractivity contribution < 1.29 is 4.79 Å². The first-order chi connectivity index (χ1) is 8.62. The zero-order valence-electron chi connectivity index (χ0n) is 11.7. The van der Waals surface area contributed by atoms with E-state index in [1.807, 2.05) is 7.05 Å². The molecule has 0 aliphatic carbocycles. The van der Waals surface area contributed by atoms with E-state index in [9.17, 15) is 4.79 Å². The third kappa shape index (κ3) is 3.74. The number of likely N-dealkylation sites (N-methyl/N-ethyl adjacent to an activating group) is 2. The number of amides is 1. The Hall–Kier alpha value is -1.55. The Morgan fingerprint density at radius 2 is 2.06 bits per heavy atom. The molecule has 0 atom stereocenters. The van der Waals surface area contributed by atoms with Crippen molar-refractivity contribution in [2.75, 3.05) is 32.1 Å². The summed E-state index contributed by atoms with van der Waals surface area (Å²) < 4.78 is 0. The van der Waals surface area contributed by atoms with Crippen molar-refractivity contribution in [1.82, 2.24) is 10.6 Å². The minimum atomic E-state index is 0.0350. The molecule has 0 aliphatic heterocycles. The maximum absolute atomic E-state index is 11.5. The van der Waals surface area contributed by atoms with E-state index in [4.69, 9.17) is 0 Å². The van der Waals surface area contributed by atoms with Gasteiger partial charge in [-0.15, -0.1) is 0 Å². The van der Waals surface area contributed by atoms with Crippen LogP contribution in [0.5, 0.6) is 0 Å². The van der Waals surface area contributed by atoms with Gasteiger partial charge >= 0.3 is 0 Å². The Morgan fingerprint density at radius 3 is 2.61 bits per heavy atom. The smallest absolute Gasteiger partial charge is 0.239 e. The van der Waals surface area contributed by atoms with E-state index in [0.717, 1.165) is 18.8 Å². The first-order valence-corrected chi connectivity index (χ1v) is 6.32. The molecule has 0 radical (unpaired) electrons. The number of rotatable bonds is 6. The van der Waals surface area contributed by atoms with E-state index in [1.54, 1.807) is 7.05 Å². The monoisotopic (exact) mass is 249 g/mol. The zero-order valence-corrected chi connectivity index (χ0v) is 11.7. The SMILES string of the molecule is CCN(CC(=O)NC)c1ccc(C)cc1CNC. The van der Waals surface area contributed by atoms with Crippen LogP contribution in [0.3, 0.4) is 0 Å². The van der Waals surface area contributed by atoms with Crippen molar-refractivity contribution >= 4 is 11.6 Å². The van der Waals surface area contributed by atoms with Gasteiger partial charge in [-0.1, -0.05) is 17.7 Å². The fraction of sp³-hybridized carbons (Fsp3) is 0.500. The van der Waals surface area contributed by atoms with Crippen LogP contribution in [0.1, 0.15) is 18.1 Å². The first kappa shape index (κ1) is 14.5. The van der Waals surface area contributed by atoms with Crippen molar-refractivity contribution in [2.45, 2.75) is 20.4 Å². The number of benzene rings is 1. The molecule has 2 N–H and O–H groups in total. The van der Waals surface area contributed by atoms with Crippen LogP contribution in [0, 0.1) is 6.92 Å². The molecule has 4 nitrogen and oxygen atoms in total. The summed E-state index contributed by atoms with van der Waals surface area (Å²) in [6.45, 7) is 6.16. The van der Waals surface area contributed by atoms with E-state index in [1.165, 1.54) is 11.1 Å². The largest absolute Gasteiger partial charge is 0.362 e. The average molecular weight is 249 g/mol. The van der Waals surface area contributed by atoms with Gasteiger partial charge in [0.05, 0.1) is 6.54 Å². The molecule has 100 valence electrons. The van der Waals surface area contributed by atoms with Crippen LogP contribution in [0.2, 0.25) is 0 Å². The highest BCUT2D eigenvalue weighted by atomic mass is 16.1. The fourth-order valence-corrected chi connectivity index (χ4v) is 1.97. The minimum Gasteiger partial charge on any atom is -0.362 e. The van der Waals surface area contributed by atoms with Crippen molar-refractivity contribution in [3.8, 4) is 0 Å². The second-order valence-corrected chi connectivity index (χ2v) is 4.35. The molecule has 0 heterocycles. The predicted octanol–water partition coefficient (Wildman–Crippen LogP) is 1.29. The third-order valence-electron chi connectivity index (χ3n) is 2.94. The summed E-state index contributed by atoms with van der Waals surface area (Å²) in [4.78, 5) is 13.6. The second kappa shape index (κ2) is 7.01. The molecule has 0 aromatic heterocycles. The number of hydrogen-bond donors (Lipinski definition) is 2.